The number of pyridine rings is 1. The van der Waals surface area contributed by atoms with Crippen molar-refractivity contribution in [3.63, 3.8) is 0 Å². The Morgan fingerprint density at radius 2 is 1.27 bits per heavy atom. The first-order chi connectivity index (χ1) is 16.0. The average molecular weight is 447 g/mol. The number of hydrogen-bond donors (Lipinski definition) is 0. The molecule has 8 heteroatoms. The second-order valence-electron chi connectivity index (χ2n) is 7.63. The first kappa shape index (κ1) is 22.1. The SMILES string of the molecule is COc1ccc(Cn2c(=O)c3c(C)cnc(OC)c3n(Cc3ccc(OC)cc3)c2=O)cc1. The predicted octanol–water partition coefficient (Wildman–Crippen LogP) is 2.99. The second-order valence-corrected chi connectivity index (χ2v) is 7.63. The number of rotatable bonds is 7. The minimum atomic E-state index is -0.440. The molecule has 0 aliphatic heterocycles. The van der Waals surface area contributed by atoms with Gasteiger partial charge in [0, 0.05) is 6.20 Å². The Kier molecular flexibility index (Phi) is 6.17. The lowest BCUT2D eigenvalue weighted by Crippen LogP contribution is -2.41. The Morgan fingerprint density at radius 3 is 1.76 bits per heavy atom. The van der Waals surface area contributed by atoms with Crippen molar-refractivity contribution in [2.24, 2.45) is 0 Å². The maximum absolute atomic E-state index is 13.6. The average Bonchev–Trinajstić information content (AvgIpc) is 2.85. The summed E-state index contributed by atoms with van der Waals surface area (Å²) in [6.07, 6.45) is 1.59. The Bertz CT molecular complexity index is 1400. The van der Waals surface area contributed by atoms with Crippen molar-refractivity contribution in [1.82, 2.24) is 14.1 Å². The van der Waals surface area contributed by atoms with Crippen LogP contribution < -0.4 is 25.5 Å². The molecule has 0 N–H and O–H groups in total. The van der Waals surface area contributed by atoms with E-state index >= 15 is 0 Å². The quantitative estimate of drug-likeness (QED) is 0.433. The van der Waals surface area contributed by atoms with Crippen LogP contribution in [0, 0.1) is 6.92 Å². The van der Waals surface area contributed by atoms with Crippen molar-refractivity contribution < 1.29 is 14.2 Å². The van der Waals surface area contributed by atoms with Gasteiger partial charge in [0.25, 0.3) is 5.56 Å². The molecule has 0 saturated carbocycles. The number of nitrogens with zero attached hydrogens (tertiary/aromatic N) is 3. The van der Waals surface area contributed by atoms with Gasteiger partial charge >= 0.3 is 5.69 Å². The first-order valence-electron chi connectivity index (χ1n) is 10.4. The summed E-state index contributed by atoms with van der Waals surface area (Å²) in [5.41, 5.74) is 1.92. The van der Waals surface area contributed by atoms with E-state index in [0.717, 1.165) is 16.9 Å². The van der Waals surface area contributed by atoms with Gasteiger partial charge in [0.2, 0.25) is 5.88 Å². The minimum absolute atomic E-state index is 0.129. The molecule has 2 aromatic carbocycles. The van der Waals surface area contributed by atoms with Gasteiger partial charge in [-0.25, -0.2) is 9.78 Å². The smallest absolute Gasteiger partial charge is 0.332 e. The number of aromatic nitrogens is 3. The van der Waals surface area contributed by atoms with Crippen LogP contribution in [-0.2, 0) is 13.1 Å². The fraction of sp³-hybridized carbons (Fsp3) is 0.240. The molecule has 4 aromatic rings. The molecule has 8 nitrogen and oxygen atoms in total. The van der Waals surface area contributed by atoms with E-state index in [0.29, 0.717) is 22.2 Å². The molecule has 0 aliphatic rings. The van der Waals surface area contributed by atoms with Crippen LogP contribution in [-0.4, -0.2) is 35.4 Å². The van der Waals surface area contributed by atoms with Gasteiger partial charge < -0.3 is 14.2 Å². The van der Waals surface area contributed by atoms with Gasteiger partial charge in [0.05, 0.1) is 39.8 Å². The Balaban J connectivity index is 1.93. The van der Waals surface area contributed by atoms with Crippen LogP contribution in [0.1, 0.15) is 16.7 Å². The van der Waals surface area contributed by atoms with E-state index < -0.39 is 5.69 Å². The summed E-state index contributed by atoms with van der Waals surface area (Å²) < 4.78 is 18.7. The maximum atomic E-state index is 13.6. The number of hydrogen-bond acceptors (Lipinski definition) is 6. The summed E-state index contributed by atoms with van der Waals surface area (Å²) >= 11 is 0. The van der Waals surface area contributed by atoms with Crippen LogP contribution in [0.15, 0.2) is 64.3 Å². The highest BCUT2D eigenvalue weighted by molar-refractivity contribution is 5.85. The fourth-order valence-corrected chi connectivity index (χ4v) is 3.82. The number of aryl methyl sites for hydroxylation is 1. The largest absolute Gasteiger partial charge is 0.497 e. The summed E-state index contributed by atoms with van der Waals surface area (Å²) in [6.45, 7) is 2.17. The highest BCUT2D eigenvalue weighted by Crippen LogP contribution is 2.23. The van der Waals surface area contributed by atoms with E-state index in [1.807, 2.05) is 36.4 Å². The molecule has 0 unspecified atom stereocenters. The molecule has 0 fully saturated rings. The zero-order valence-electron chi connectivity index (χ0n) is 19.0. The molecule has 2 heterocycles. The zero-order valence-corrected chi connectivity index (χ0v) is 19.0. The van der Waals surface area contributed by atoms with E-state index in [1.54, 1.807) is 44.0 Å². The predicted molar refractivity (Wildman–Crippen MR) is 126 cm³/mol. The van der Waals surface area contributed by atoms with Crippen molar-refractivity contribution in [2.75, 3.05) is 21.3 Å². The molecule has 0 saturated heterocycles. The molecule has 0 aliphatic carbocycles. The standard InChI is InChI=1S/C25H25N3O5/c1-16-13-26-23(33-4)22-21(16)24(29)28(15-18-7-11-20(32-3)12-8-18)25(30)27(22)14-17-5-9-19(31-2)10-6-17/h5-13H,14-15H2,1-4H3. The van der Waals surface area contributed by atoms with Crippen LogP contribution in [0.4, 0.5) is 0 Å². The van der Waals surface area contributed by atoms with Crippen molar-refractivity contribution in [1.29, 1.82) is 0 Å². The third-order valence-electron chi connectivity index (χ3n) is 5.59. The van der Waals surface area contributed by atoms with Crippen LogP contribution in [0.3, 0.4) is 0 Å². The van der Waals surface area contributed by atoms with Crippen LogP contribution in [0.25, 0.3) is 10.9 Å². The van der Waals surface area contributed by atoms with E-state index in [2.05, 4.69) is 4.98 Å². The van der Waals surface area contributed by atoms with Gasteiger partial charge in [-0.05, 0) is 47.9 Å². The zero-order chi connectivity index (χ0) is 23.5. The van der Waals surface area contributed by atoms with E-state index in [9.17, 15) is 9.59 Å². The Morgan fingerprint density at radius 1 is 0.758 bits per heavy atom. The van der Waals surface area contributed by atoms with Gasteiger partial charge in [-0.15, -0.1) is 0 Å². The molecule has 170 valence electrons. The lowest BCUT2D eigenvalue weighted by molar-refractivity contribution is 0.399. The summed E-state index contributed by atoms with van der Waals surface area (Å²) in [6, 6.07) is 14.7. The van der Waals surface area contributed by atoms with Crippen molar-refractivity contribution in [3.05, 3.63) is 92.3 Å². The maximum Gasteiger partial charge on any atom is 0.332 e. The van der Waals surface area contributed by atoms with Crippen molar-refractivity contribution >= 4 is 10.9 Å². The van der Waals surface area contributed by atoms with Gasteiger partial charge in [-0.3, -0.25) is 13.9 Å². The van der Waals surface area contributed by atoms with Crippen LogP contribution in [0.5, 0.6) is 17.4 Å². The highest BCUT2D eigenvalue weighted by Gasteiger charge is 2.20. The molecule has 0 bridgehead atoms. The lowest BCUT2D eigenvalue weighted by Gasteiger charge is -2.17. The van der Waals surface area contributed by atoms with Crippen molar-refractivity contribution in [2.45, 2.75) is 20.0 Å². The second kappa shape index (κ2) is 9.20. The topological polar surface area (TPSA) is 84.6 Å². The molecule has 4 rings (SSSR count). The molecule has 33 heavy (non-hydrogen) atoms. The van der Waals surface area contributed by atoms with Gasteiger partial charge in [-0.2, -0.15) is 0 Å². The molecule has 0 spiro atoms. The normalized spacial score (nSPS) is 10.9. The summed E-state index contributed by atoms with van der Waals surface area (Å²) in [5.74, 6) is 1.65. The minimum Gasteiger partial charge on any atom is -0.497 e. The third kappa shape index (κ3) is 4.19. The Labute approximate surface area is 190 Å². The summed E-state index contributed by atoms with van der Waals surface area (Å²) in [5, 5.41) is 0.406. The number of benzene rings is 2. The molecular formula is C25H25N3O5. The van der Waals surface area contributed by atoms with Crippen LogP contribution >= 0.6 is 0 Å². The Hall–Kier alpha value is -4.07. The highest BCUT2D eigenvalue weighted by atomic mass is 16.5. The van der Waals surface area contributed by atoms with E-state index in [1.165, 1.54) is 11.7 Å². The number of methoxy groups -OCH3 is 3. The molecule has 2 aromatic heterocycles. The first-order valence-corrected chi connectivity index (χ1v) is 10.4. The molecule has 0 atom stereocenters. The van der Waals surface area contributed by atoms with E-state index in [-0.39, 0.29) is 24.5 Å². The van der Waals surface area contributed by atoms with Crippen molar-refractivity contribution in [3.8, 4) is 17.4 Å². The molecule has 0 radical (unpaired) electrons. The monoisotopic (exact) mass is 447 g/mol. The summed E-state index contributed by atoms with van der Waals surface area (Å²) in [4.78, 5) is 31.4. The molecule has 0 amide bonds. The van der Waals surface area contributed by atoms with Gasteiger partial charge in [0.15, 0.2) is 0 Å². The number of fused-ring (bicyclic) bond motifs is 1. The molecular weight excluding hydrogens is 422 g/mol. The third-order valence-corrected chi connectivity index (χ3v) is 5.59. The fourth-order valence-electron chi connectivity index (χ4n) is 3.82. The summed E-state index contributed by atoms with van der Waals surface area (Å²) in [7, 11) is 4.66. The van der Waals surface area contributed by atoms with Gasteiger partial charge in [0.1, 0.15) is 17.0 Å². The van der Waals surface area contributed by atoms with Crippen LogP contribution in [0.2, 0.25) is 0 Å². The van der Waals surface area contributed by atoms with E-state index in [4.69, 9.17) is 14.2 Å². The number of ether oxygens (including phenoxy) is 3. The lowest BCUT2D eigenvalue weighted by atomic mass is 10.1. The van der Waals surface area contributed by atoms with Gasteiger partial charge in [-0.1, -0.05) is 24.3 Å².